The number of anilines is 1. The van der Waals surface area contributed by atoms with E-state index in [2.05, 4.69) is 40.4 Å². The molecule has 0 aliphatic carbocycles. The summed E-state index contributed by atoms with van der Waals surface area (Å²) in [4.78, 5) is 19.3. The molecule has 0 spiro atoms. The average Bonchev–Trinajstić information content (AvgIpc) is 3.33. The SMILES string of the molecule is CN1CCN(c2ccccc2CNC(=O)c2ccc(-c3ccc4c(c3)OCCO4)s2)CC1. The van der Waals surface area contributed by atoms with Gasteiger partial charge in [0.05, 0.1) is 4.88 Å². The normalized spacial score (nSPS) is 16.1. The first-order valence-electron chi connectivity index (χ1n) is 11.0. The maximum absolute atomic E-state index is 12.9. The molecule has 1 saturated heterocycles. The lowest BCUT2D eigenvalue weighted by molar-refractivity contribution is 0.0955. The summed E-state index contributed by atoms with van der Waals surface area (Å²) in [6.07, 6.45) is 0. The number of rotatable bonds is 5. The molecular formula is C25H27N3O3S. The van der Waals surface area contributed by atoms with Gasteiger partial charge in [0.1, 0.15) is 13.2 Å². The highest BCUT2D eigenvalue weighted by atomic mass is 32.1. The standard InChI is InChI=1S/C25H27N3O3S/c1-27-10-12-28(13-11-27)20-5-3-2-4-19(20)17-26-25(29)24-9-8-23(32-24)18-6-7-21-22(16-18)31-15-14-30-21/h2-9,16H,10-15,17H2,1H3,(H,26,29). The third-order valence-corrected chi connectivity index (χ3v) is 7.06. The number of benzene rings is 2. The van der Waals surface area contributed by atoms with Crippen LogP contribution in [0.2, 0.25) is 0 Å². The van der Waals surface area contributed by atoms with Gasteiger partial charge in [0, 0.05) is 43.3 Å². The van der Waals surface area contributed by atoms with Crippen molar-refractivity contribution in [1.82, 2.24) is 10.2 Å². The summed E-state index contributed by atoms with van der Waals surface area (Å²) in [5, 5.41) is 3.11. The van der Waals surface area contributed by atoms with Crippen molar-refractivity contribution in [2.45, 2.75) is 6.54 Å². The van der Waals surface area contributed by atoms with Crippen molar-refractivity contribution < 1.29 is 14.3 Å². The number of hydrogen-bond acceptors (Lipinski definition) is 6. The molecule has 1 aromatic heterocycles. The number of thiophene rings is 1. The third kappa shape index (κ3) is 4.45. The lowest BCUT2D eigenvalue weighted by Gasteiger charge is -2.35. The lowest BCUT2D eigenvalue weighted by Crippen LogP contribution is -2.45. The minimum absolute atomic E-state index is 0.0491. The Hall–Kier alpha value is -3.03. The van der Waals surface area contributed by atoms with Crippen LogP contribution in [0.15, 0.2) is 54.6 Å². The molecule has 0 bridgehead atoms. The fraction of sp³-hybridized carbons (Fsp3) is 0.320. The molecule has 32 heavy (non-hydrogen) atoms. The predicted octanol–water partition coefficient (Wildman–Crippen LogP) is 3.87. The Balaban J connectivity index is 1.26. The topological polar surface area (TPSA) is 54.0 Å². The van der Waals surface area contributed by atoms with Crippen LogP contribution in [0.25, 0.3) is 10.4 Å². The predicted molar refractivity (Wildman–Crippen MR) is 128 cm³/mol. The quantitative estimate of drug-likeness (QED) is 0.641. The first-order valence-corrected chi connectivity index (χ1v) is 11.8. The molecule has 2 aromatic carbocycles. The summed E-state index contributed by atoms with van der Waals surface area (Å²) in [5.41, 5.74) is 3.39. The second-order valence-electron chi connectivity index (χ2n) is 8.12. The van der Waals surface area contributed by atoms with Crippen molar-refractivity contribution in [2.75, 3.05) is 51.3 Å². The Labute approximate surface area is 192 Å². The first kappa shape index (κ1) is 20.8. The van der Waals surface area contributed by atoms with E-state index in [1.54, 1.807) is 0 Å². The van der Waals surface area contributed by atoms with E-state index in [1.165, 1.54) is 17.0 Å². The molecule has 3 aromatic rings. The van der Waals surface area contributed by atoms with E-state index in [9.17, 15) is 4.79 Å². The van der Waals surface area contributed by atoms with Crippen LogP contribution < -0.4 is 19.7 Å². The van der Waals surface area contributed by atoms with Gasteiger partial charge in [-0.05, 0) is 54.6 Å². The zero-order chi connectivity index (χ0) is 21.9. The van der Waals surface area contributed by atoms with Crippen LogP contribution in [-0.2, 0) is 6.54 Å². The Morgan fingerprint density at radius 3 is 2.59 bits per heavy atom. The number of fused-ring (bicyclic) bond motifs is 1. The van der Waals surface area contributed by atoms with E-state index in [-0.39, 0.29) is 5.91 Å². The molecule has 166 valence electrons. The summed E-state index contributed by atoms with van der Waals surface area (Å²) in [5.74, 6) is 1.48. The van der Waals surface area contributed by atoms with Gasteiger partial charge in [-0.3, -0.25) is 4.79 Å². The third-order valence-electron chi connectivity index (χ3n) is 5.93. The van der Waals surface area contributed by atoms with E-state index in [0.29, 0.717) is 24.6 Å². The Morgan fingerprint density at radius 2 is 1.75 bits per heavy atom. The number of ether oxygens (including phenoxy) is 2. The molecule has 5 rings (SSSR count). The molecule has 1 amide bonds. The van der Waals surface area contributed by atoms with Crippen LogP contribution >= 0.6 is 11.3 Å². The lowest BCUT2D eigenvalue weighted by atomic mass is 10.1. The number of likely N-dealkylation sites (N-methyl/N-ethyl adjacent to an activating group) is 1. The van der Waals surface area contributed by atoms with Gasteiger partial charge < -0.3 is 24.6 Å². The van der Waals surface area contributed by atoms with Crippen molar-refractivity contribution in [3.63, 3.8) is 0 Å². The van der Waals surface area contributed by atoms with Crippen molar-refractivity contribution in [3.05, 3.63) is 65.0 Å². The van der Waals surface area contributed by atoms with Crippen molar-refractivity contribution >= 4 is 22.9 Å². The zero-order valence-electron chi connectivity index (χ0n) is 18.2. The first-order chi connectivity index (χ1) is 15.7. The molecular weight excluding hydrogens is 422 g/mol. The van der Waals surface area contributed by atoms with E-state index in [0.717, 1.165) is 53.7 Å². The Bertz CT molecular complexity index is 1110. The van der Waals surface area contributed by atoms with E-state index >= 15 is 0 Å². The van der Waals surface area contributed by atoms with Crippen LogP contribution in [-0.4, -0.2) is 57.2 Å². The average molecular weight is 450 g/mol. The highest BCUT2D eigenvalue weighted by Gasteiger charge is 2.18. The van der Waals surface area contributed by atoms with Gasteiger partial charge in [0.2, 0.25) is 0 Å². The molecule has 1 N–H and O–H groups in total. The fourth-order valence-electron chi connectivity index (χ4n) is 4.09. The summed E-state index contributed by atoms with van der Waals surface area (Å²) in [7, 11) is 2.16. The van der Waals surface area contributed by atoms with Crippen molar-refractivity contribution in [2.24, 2.45) is 0 Å². The molecule has 6 nitrogen and oxygen atoms in total. The maximum atomic E-state index is 12.9. The van der Waals surface area contributed by atoms with Crippen LogP contribution in [0.4, 0.5) is 5.69 Å². The van der Waals surface area contributed by atoms with Gasteiger partial charge in [-0.15, -0.1) is 11.3 Å². The van der Waals surface area contributed by atoms with Gasteiger partial charge >= 0.3 is 0 Å². The van der Waals surface area contributed by atoms with E-state index in [1.807, 2.05) is 36.4 Å². The number of para-hydroxylation sites is 1. The number of amides is 1. The van der Waals surface area contributed by atoms with Crippen molar-refractivity contribution in [3.8, 4) is 21.9 Å². The molecule has 0 radical (unpaired) electrons. The fourth-order valence-corrected chi connectivity index (χ4v) is 5.01. The highest BCUT2D eigenvalue weighted by Crippen LogP contribution is 2.37. The van der Waals surface area contributed by atoms with Gasteiger partial charge in [-0.2, -0.15) is 0 Å². The van der Waals surface area contributed by atoms with E-state index in [4.69, 9.17) is 9.47 Å². The monoisotopic (exact) mass is 449 g/mol. The van der Waals surface area contributed by atoms with Crippen LogP contribution in [0, 0.1) is 0 Å². The van der Waals surface area contributed by atoms with Crippen molar-refractivity contribution in [1.29, 1.82) is 0 Å². The number of carbonyl (C=O) groups is 1. The molecule has 0 atom stereocenters. The summed E-state index contributed by atoms with van der Waals surface area (Å²) < 4.78 is 11.3. The zero-order valence-corrected chi connectivity index (χ0v) is 19.0. The minimum Gasteiger partial charge on any atom is -0.486 e. The van der Waals surface area contributed by atoms with Gasteiger partial charge in [0.15, 0.2) is 11.5 Å². The summed E-state index contributed by atoms with van der Waals surface area (Å²) in [6.45, 7) is 5.77. The number of hydrogen-bond donors (Lipinski definition) is 1. The number of nitrogens with one attached hydrogen (secondary N) is 1. The maximum Gasteiger partial charge on any atom is 0.261 e. The molecule has 2 aliphatic heterocycles. The second-order valence-corrected chi connectivity index (χ2v) is 9.21. The minimum atomic E-state index is -0.0491. The Kier molecular flexibility index (Phi) is 6.01. The molecule has 1 fully saturated rings. The van der Waals surface area contributed by atoms with Crippen LogP contribution in [0.1, 0.15) is 15.2 Å². The van der Waals surface area contributed by atoms with Crippen LogP contribution in [0.3, 0.4) is 0 Å². The van der Waals surface area contributed by atoms with E-state index < -0.39 is 0 Å². The molecule has 7 heteroatoms. The molecule has 0 unspecified atom stereocenters. The van der Waals surface area contributed by atoms with Gasteiger partial charge in [0.25, 0.3) is 5.91 Å². The molecule has 3 heterocycles. The smallest absolute Gasteiger partial charge is 0.261 e. The summed E-state index contributed by atoms with van der Waals surface area (Å²) in [6, 6.07) is 18.1. The molecule has 2 aliphatic rings. The number of carbonyl (C=O) groups excluding carboxylic acids is 1. The number of piperazine rings is 1. The van der Waals surface area contributed by atoms with Gasteiger partial charge in [-0.1, -0.05) is 18.2 Å². The summed E-state index contributed by atoms with van der Waals surface area (Å²) >= 11 is 1.49. The van der Waals surface area contributed by atoms with Crippen LogP contribution in [0.5, 0.6) is 11.5 Å². The van der Waals surface area contributed by atoms with Gasteiger partial charge in [-0.25, -0.2) is 0 Å². The largest absolute Gasteiger partial charge is 0.486 e. The highest BCUT2D eigenvalue weighted by molar-refractivity contribution is 7.17. The Morgan fingerprint density at radius 1 is 0.969 bits per heavy atom. The molecule has 0 saturated carbocycles. The number of nitrogens with zero attached hydrogens (tertiary/aromatic N) is 2. The second kappa shape index (κ2) is 9.22.